The van der Waals surface area contributed by atoms with E-state index >= 15 is 0 Å². The zero-order valence-electron chi connectivity index (χ0n) is 14.1. The van der Waals surface area contributed by atoms with Crippen LogP contribution in [-0.4, -0.2) is 28.2 Å². The van der Waals surface area contributed by atoms with Crippen LogP contribution in [0.25, 0.3) is 10.9 Å². The Bertz CT molecular complexity index is 838. The molecule has 5 nitrogen and oxygen atoms in total. The maximum atomic E-state index is 9.39. The molecule has 0 aliphatic carbocycles. The quantitative estimate of drug-likeness (QED) is 0.689. The fraction of sp³-hybridized carbons (Fsp3) is 0.222. The highest BCUT2D eigenvalue weighted by molar-refractivity contribution is 5.90. The SMILES string of the molecule is Oc1ccc(Nc2nc(N3CCCC3)c3ccccc3n2)cc1.[Cl-].[H+]. The molecule has 6 heteroatoms. The summed E-state index contributed by atoms with van der Waals surface area (Å²) in [5.41, 5.74) is 1.79. The van der Waals surface area contributed by atoms with Gasteiger partial charge in [-0.1, -0.05) is 12.1 Å². The summed E-state index contributed by atoms with van der Waals surface area (Å²) < 4.78 is 0. The number of hydrogen-bond donors (Lipinski definition) is 2. The third-order valence-corrected chi connectivity index (χ3v) is 4.11. The van der Waals surface area contributed by atoms with E-state index in [1.165, 1.54) is 12.8 Å². The van der Waals surface area contributed by atoms with Crippen molar-refractivity contribution in [2.75, 3.05) is 23.3 Å². The number of benzene rings is 2. The van der Waals surface area contributed by atoms with Crippen molar-refractivity contribution in [2.24, 2.45) is 0 Å². The number of aromatic hydroxyl groups is 1. The molecule has 4 rings (SSSR count). The Labute approximate surface area is 148 Å². The molecule has 1 fully saturated rings. The number of hydrogen-bond acceptors (Lipinski definition) is 5. The molecule has 0 spiro atoms. The lowest BCUT2D eigenvalue weighted by atomic mass is 10.2. The van der Waals surface area contributed by atoms with Crippen molar-refractivity contribution in [2.45, 2.75) is 12.8 Å². The van der Waals surface area contributed by atoms with E-state index in [0.717, 1.165) is 35.5 Å². The summed E-state index contributed by atoms with van der Waals surface area (Å²) in [7, 11) is 0. The first-order valence-corrected chi connectivity index (χ1v) is 7.87. The smallest absolute Gasteiger partial charge is 1.00 e. The normalized spacial score (nSPS) is 13.8. The predicted molar refractivity (Wildman–Crippen MR) is 93.5 cm³/mol. The predicted octanol–water partition coefficient (Wildman–Crippen LogP) is 0.796. The first kappa shape index (κ1) is 16.3. The number of anilines is 3. The Morgan fingerprint density at radius 1 is 0.958 bits per heavy atom. The second-order valence-electron chi connectivity index (χ2n) is 5.75. The van der Waals surface area contributed by atoms with Crippen LogP contribution in [-0.2, 0) is 0 Å². The van der Waals surface area contributed by atoms with E-state index < -0.39 is 0 Å². The maximum Gasteiger partial charge on any atom is 1.00 e. The van der Waals surface area contributed by atoms with Crippen LogP contribution < -0.4 is 22.6 Å². The summed E-state index contributed by atoms with van der Waals surface area (Å²) in [4.78, 5) is 11.7. The van der Waals surface area contributed by atoms with Gasteiger partial charge in [0.1, 0.15) is 11.6 Å². The fourth-order valence-electron chi connectivity index (χ4n) is 2.96. The minimum Gasteiger partial charge on any atom is -1.00 e. The van der Waals surface area contributed by atoms with Crippen LogP contribution >= 0.6 is 0 Å². The van der Waals surface area contributed by atoms with E-state index in [1.807, 2.05) is 30.3 Å². The summed E-state index contributed by atoms with van der Waals surface area (Å²) in [6, 6.07) is 15.0. The van der Waals surface area contributed by atoms with E-state index in [0.29, 0.717) is 5.95 Å². The van der Waals surface area contributed by atoms with Crippen molar-refractivity contribution in [3.63, 3.8) is 0 Å². The number of nitrogens with one attached hydrogen (secondary N) is 1. The van der Waals surface area contributed by atoms with Crippen LogP contribution in [0.1, 0.15) is 14.3 Å². The van der Waals surface area contributed by atoms with Gasteiger partial charge in [-0.05, 0) is 49.2 Å². The molecule has 3 aromatic rings. The lowest BCUT2D eigenvalue weighted by molar-refractivity contribution is -0.00000573. The van der Waals surface area contributed by atoms with E-state index in [9.17, 15) is 5.11 Å². The van der Waals surface area contributed by atoms with Crippen LogP contribution in [0, 0.1) is 0 Å². The molecular formula is C18H19ClN4O. The van der Waals surface area contributed by atoms with Crippen molar-refractivity contribution in [1.29, 1.82) is 0 Å². The van der Waals surface area contributed by atoms with Crippen molar-refractivity contribution in [3.8, 4) is 5.75 Å². The molecule has 1 aromatic heterocycles. The van der Waals surface area contributed by atoms with Crippen molar-refractivity contribution in [3.05, 3.63) is 48.5 Å². The Hall–Kier alpha value is -2.53. The molecule has 0 amide bonds. The fourth-order valence-corrected chi connectivity index (χ4v) is 2.96. The van der Waals surface area contributed by atoms with Gasteiger partial charge in [0, 0.05) is 24.2 Å². The number of nitrogens with zero attached hydrogens (tertiary/aromatic N) is 3. The molecule has 2 heterocycles. The molecule has 1 saturated heterocycles. The van der Waals surface area contributed by atoms with Gasteiger partial charge in [-0.2, -0.15) is 4.98 Å². The molecule has 2 N–H and O–H groups in total. The van der Waals surface area contributed by atoms with E-state index in [2.05, 4.69) is 21.3 Å². The minimum absolute atomic E-state index is 0. The third-order valence-electron chi connectivity index (χ3n) is 4.11. The molecule has 0 atom stereocenters. The van der Waals surface area contributed by atoms with Crippen LogP contribution in [0.4, 0.5) is 17.5 Å². The molecule has 2 aromatic carbocycles. The van der Waals surface area contributed by atoms with Gasteiger partial charge >= 0.3 is 1.43 Å². The maximum absolute atomic E-state index is 9.39. The highest BCUT2D eigenvalue weighted by Crippen LogP contribution is 2.29. The lowest BCUT2D eigenvalue weighted by Crippen LogP contribution is -3.00. The first-order valence-electron chi connectivity index (χ1n) is 7.87. The zero-order valence-corrected chi connectivity index (χ0v) is 13.9. The van der Waals surface area contributed by atoms with Crippen LogP contribution in [0.2, 0.25) is 0 Å². The molecule has 24 heavy (non-hydrogen) atoms. The Morgan fingerprint density at radius 2 is 1.67 bits per heavy atom. The summed E-state index contributed by atoms with van der Waals surface area (Å²) in [6.07, 6.45) is 2.41. The number of phenols is 1. The average Bonchev–Trinajstić information content (AvgIpc) is 3.11. The molecule has 0 saturated carbocycles. The number of fused-ring (bicyclic) bond motifs is 1. The van der Waals surface area contributed by atoms with Gasteiger partial charge in [0.2, 0.25) is 5.95 Å². The minimum atomic E-state index is 0. The van der Waals surface area contributed by atoms with Crippen molar-refractivity contribution in [1.82, 2.24) is 9.97 Å². The summed E-state index contributed by atoms with van der Waals surface area (Å²) in [5.74, 6) is 1.82. The number of aromatic nitrogens is 2. The first-order chi connectivity index (χ1) is 11.3. The van der Waals surface area contributed by atoms with Crippen LogP contribution in [0.5, 0.6) is 5.75 Å². The highest BCUT2D eigenvalue weighted by atomic mass is 35.5. The number of phenolic OH excluding ortho intramolecular Hbond substituents is 1. The van der Waals surface area contributed by atoms with Gasteiger partial charge in [0.15, 0.2) is 0 Å². The van der Waals surface area contributed by atoms with Gasteiger partial charge < -0.3 is 27.7 Å². The molecule has 124 valence electrons. The molecule has 0 radical (unpaired) electrons. The summed E-state index contributed by atoms with van der Waals surface area (Å²) in [6.45, 7) is 2.08. The van der Waals surface area contributed by atoms with Gasteiger partial charge in [-0.3, -0.25) is 0 Å². The average molecular weight is 343 g/mol. The van der Waals surface area contributed by atoms with E-state index in [-0.39, 0.29) is 19.6 Å². The highest BCUT2D eigenvalue weighted by Gasteiger charge is 2.18. The number of para-hydroxylation sites is 1. The Morgan fingerprint density at radius 3 is 2.42 bits per heavy atom. The van der Waals surface area contributed by atoms with Gasteiger partial charge in [-0.15, -0.1) is 0 Å². The van der Waals surface area contributed by atoms with E-state index in [4.69, 9.17) is 4.98 Å². The van der Waals surface area contributed by atoms with Gasteiger partial charge in [-0.25, -0.2) is 4.98 Å². The standard InChI is InChI=1S/C18H18N4O.ClH/c23-14-9-7-13(8-10-14)19-18-20-16-6-2-1-5-15(16)17(21-18)22-11-3-4-12-22;/h1-2,5-10,23H,3-4,11-12H2,(H,19,20,21);1H. The molecule has 1 aliphatic rings. The topological polar surface area (TPSA) is 61.3 Å². The Balaban J connectivity index is 0.00000113. The van der Waals surface area contributed by atoms with Crippen LogP contribution in [0.15, 0.2) is 48.5 Å². The van der Waals surface area contributed by atoms with Gasteiger partial charge in [0.25, 0.3) is 0 Å². The summed E-state index contributed by atoms with van der Waals surface area (Å²) >= 11 is 0. The lowest BCUT2D eigenvalue weighted by Gasteiger charge is -2.19. The second-order valence-corrected chi connectivity index (χ2v) is 5.75. The number of rotatable bonds is 3. The summed E-state index contributed by atoms with van der Waals surface area (Å²) in [5, 5.41) is 13.7. The Kier molecular flexibility index (Phi) is 4.71. The molecule has 0 bridgehead atoms. The van der Waals surface area contributed by atoms with Gasteiger partial charge in [0.05, 0.1) is 5.52 Å². The van der Waals surface area contributed by atoms with Crippen LogP contribution in [0.3, 0.4) is 0 Å². The molecule has 0 unspecified atom stereocenters. The van der Waals surface area contributed by atoms with Crippen molar-refractivity contribution < 1.29 is 18.9 Å². The molecular weight excluding hydrogens is 324 g/mol. The third kappa shape index (κ3) is 3.21. The zero-order chi connectivity index (χ0) is 15.6. The molecule has 1 aliphatic heterocycles. The second kappa shape index (κ2) is 6.93. The van der Waals surface area contributed by atoms with Crippen molar-refractivity contribution >= 4 is 28.4 Å². The largest absolute Gasteiger partial charge is 1.00 e. The monoisotopic (exact) mass is 342 g/mol. The van der Waals surface area contributed by atoms with E-state index in [1.54, 1.807) is 12.1 Å². The number of halogens is 1.